The molecule has 1 saturated heterocycles. The molecule has 0 unspecified atom stereocenters. The van der Waals surface area contributed by atoms with Crippen LogP contribution in [0.5, 0.6) is 0 Å². The van der Waals surface area contributed by atoms with Crippen molar-refractivity contribution in [3.8, 4) is 0 Å². The molecule has 3 amide bonds. The number of aliphatic hydroxyl groups is 1. The number of carbonyl (C=O) groups excluding carboxylic acids is 3. The second kappa shape index (κ2) is 12.5. The minimum Gasteiger partial charge on any atom is -0.395 e. The Hall–Kier alpha value is -4.19. The van der Waals surface area contributed by atoms with Crippen LogP contribution in [0.3, 0.4) is 0 Å². The van der Waals surface area contributed by atoms with E-state index in [0.717, 1.165) is 16.8 Å². The molecule has 11 heteroatoms. The van der Waals surface area contributed by atoms with E-state index in [-0.39, 0.29) is 44.4 Å². The lowest BCUT2D eigenvalue weighted by molar-refractivity contribution is -0.148. The summed E-state index contributed by atoms with van der Waals surface area (Å²) in [6.45, 7) is 5.17. The van der Waals surface area contributed by atoms with Crippen molar-refractivity contribution in [2.24, 2.45) is 11.0 Å². The van der Waals surface area contributed by atoms with Crippen LogP contribution in [0.2, 0.25) is 18.6 Å². The molecule has 0 bridgehead atoms. The Morgan fingerprint density at radius 1 is 1.09 bits per heavy atom. The largest absolute Gasteiger partial charge is 0.395 e. The van der Waals surface area contributed by atoms with Gasteiger partial charge < -0.3 is 24.2 Å². The lowest BCUT2D eigenvalue weighted by Crippen LogP contribution is -2.42. The number of hydrogen-bond acceptors (Lipinski definition) is 6. The van der Waals surface area contributed by atoms with E-state index in [2.05, 4.69) is 5.32 Å². The number of aliphatic hydroxyl groups excluding tert-OH is 1. The van der Waals surface area contributed by atoms with Crippen LogP contribution in [0, 0.1) is 5.92 Å². The van der Waals surface area contributed by atoms with E-state index in [1.807, 2.05) is 67.6 Å². The van der Waals surface area contributed by atoms with Crippen LogP contribution >= 0.6 is 0 Å². The van der Waals surface area contributed by atoms with E-state index in [9.17, 15) is 19.5 Å². The van der Waals surface area contributed by atoms with Crippen molar-refractivity contribution in [2.45, 2.75) is 63.1 Å². The van der Waals surface area contributed by atoms with Gasteiger partial charge in [-0.2, -0.15) is 5.10 Å². The third-order valence-corrected chi connectivity index (χ3v) is 11.9. The average molecular weight is 643 g/mol. The fourth-order valence-electron chi connectivity index (χ4n) is 7.30. The van der Waals surface area contributed by atoms with E-state index >= 15 is 4.11 Å². The first-order chi connectivity index (χ1) is 22.0. The number of hydrogen-bond donors (Lipinski definition) is 2. The number of nitrogens with one attached hydrogen (secondary N) is 1. The Morgan fingerprint density at radius 2 is 1.78 bits per heavy atom. The summed E-state index contributed by atoms with van der Waals surface area (Å²) in [7, 11) is -3.50. The molecule has 240 valence electrons. The van der Waals surface area contributed by atoms with Gasteiger partial charge in [0.2, 0.25) is 20.2 Å². The number of anilines is 2. The second-order valence-electron chi connectivity index (χ2n) is 12.8. The summed E-state index contributed by atoms with van der Waals surface area (Å²) < 4.78 is 22.8. The lowest BCUT2D eigenvalue weighted by atomic mass is 9.82. The summed E-state index contributed by atoms with van der Waals surface area (Å²) in [5, 5.41) is 18.7. The van der Waals surface area contributed by atoms with Crippen LogP contribution in [0.1, 0.15) is 42.9 Å². The molecule has 0 saturated carbocycles. The quantitative estimate of drug-likeness (QED) is 0.241. The van der Waals surface area contributed by atoms with E-state index in [1.165, 1.54) is 5.01 Å². The van der Waals surface area contributed by atoms with E-state index in [1.54, 1.807) is 36.2 Å². The van der Waals surface area contributed by atoms with Gasteiger partial charge in [-0.15, -0.1) is 0 Å². The number of hydrazone groups is 1. The molecular formula is C35H39FN4O5Si. The Bertz CT molecular complexity index is 1660. The fourth-order valence-corrected chi connectivity index (χ4v) is 9.79. The highest BCUT2D eigenvalue weighted by atomic mass is 28.4. The minimum atomic E-state index is -3.50. The second-order valence-corrected chi connectivity index (χ2v) is 16.6. The molecule has 3 aromatic carbocycles. The molecule has 0 radical (unpaired) electrons. The molecule has 1 spiro atoms. The van der Waals surface area contributed by atoms with Gasteiger partial charge >= 0.3 is 0 Å². The number of benzene rings is 3. The minimum absolute atomic E-state index is 0.115. The van der Waals surface area contributed by atoms with Crippen LogP contribution in [0.15, 0.2) is 84.0 Å². The Balaban J connectivity index is 1.34. The van der Waals surface area contributed by atoms with Gasteiger partial charge in [0, 0.05) is 48.6 Å². The third kappa shape index (κ3) is 5.78. The van der Waals surface area contributed by atoms with Crippen molar-refractivity contribution in [2.75, 3.05) is 23.5 Å². The zero-order valence-electron chi connectivity index (χ0n) is 26.3. The first-order valence-corrected chi connectivity index (χ1v) is 18.7. The zero-order valence-corrected chi connectivity index (χ0v) is 27.3. The Kier molecular flexibility index (Phi) is 8.66. The Morgan fingerprint density at radius 3 is 2.46 bits per heavy atom. The van der Waals surface area contributed by atoms with Crippen molar-refractivity contribution in [3.63, 3.8) is 0 Å². The molecular weight excluding hydrogens is 603 g/mol. The predicted molar refractivity (Wildman–Crippen MR) is 176 cm³/mol. The maximum atomic E-state index is 16.2. The van der Waals surface area contributed by atoms with Gasteiger partial charge in [-0.1, -0.05) is 67.6 Å². The van der Waals surface area contributed by atoms with Gasteiger partial charge in [0.15, 0.2) is 5.60 Å². The van der Waals surface area contributed by atoms with E-state index < -0.39 is 37.5 Å². The predicted octanol–water partition coefficient (Wildman–Crippen LogP) is 5.36. The highest BCUT2D eigenvalue weighted by molar-refractivity contribution is 6.72. The van der Waals surface area contributed by atoms with Crippen molar-refractivity contribution in [1.29, 1.82) is 0 Å². The summed E-state index contributed by atoms with van der Waals surface area (Å²) in [5.41, 5.74) is 1.89. The lowest BCUT2D eigenvalue weighted by Gasteiger charge is -2.31. The first kappa shape index (κ1) is 31.8. The van der Waals surface area contributed by atoms with Gasteiger partial charge in [0.05, 0.1) is 30.5 Å². The summed E-state index contributed by atoms with van der Waals surface area (Å²) in [4.78, 5) is 42.2. The van der Waals surface area contributed by atoms with Crippen molar-refractivity contribution in [1.82, 2.24) is 4.90 Å². The molecule has 3 aromatic rings. The summed E-state index contributed by atoms with van der Waals surface area (Å²) in [6, 6.07) is 24.3. The number of amides is 3. The number of halogens is 1. The first-order valence-electron chi connectivity index (χ1n) is 15.7. The van der Waals surface area contributed by atoms with E-state index in [0.29, 0.717) is 23.4 Å². The summed E-state index contributed by atoms with van der Waals surface area (Å²) in [5.74, 6) is -1.48. The van der Waals surface area contributed by atoms with Crippen molar-refractivity contribution in [3.05, 3.63) is 95.6 Å². The molecule has 4 atom stereocenters. The van der Waals surface area contributed by atoms with Crippen LogP contribution in [-0.4, -0.2) is 61.1 Å². The molecule has 1 fully saturated rings. The molecule has 2 N–H and O–H groups in total. The van der Waals surface area contributed by atoms with Crippen LogP contribution in [-0.2, 0) is 31.3 Å². The number of ether oxygens (including phenoxy) is 1. The zero-order chi connectivity index (χ0) is 32.6. The number of carbonyl (C=O) groups is 3. The highest BCUT2D eigenvalue weighted by Crippen LogP contribution is 2.59. The molecule has 0 aliphatic carbocycles. The molecule has 9 nitrogen and oxygen atoms in total. The molecule has 0 aromatic heterocycles. The smallest absolute Gasteiger partial charge is 0.261 e. The van der Waals surface area contributed by atoms with Crippen molar-refractivity contribution < 1.29 is 28.3 Å². The summed E-state index contributed by atoms with van der Waals surface area (Å²) >= 11 is 0. The molecule has 6 rings (SSSR count). The normalized spacial score (nSPS) is 24.2. The summed E-state index contributed by atoms with van der Waals surface area (Å²) in [6.07, 6.45) is -0.214. The van der Waals surface area contributed by atoms with Gasteiger partial charge in [0.25, 0.3) is 5.91 Å². The fraction of sp³-hybridized carbons (Fsp3) is 0.371. The van der Waals surface area contributed by atoms with Gasteiger partial charge in [-0.25, -0.2) is 5.01 Å². The number of fused-ring (bicyclic) bond motifs is 2. The maximum Gasteiger partial charge on any atom is 0.261 e. The highest BCUT2D eigenvalue weighted by Gasteiger charge is 2.65. The molecule has 3 aliphatic rings. The molecule has 46 heavy (non-hydrogen) atoms. The van der Waals surface area contributed by atoms with Crippen molar-refractivity contribution >= 4 is 43.2 Å². The number of rotatable bonds is 9. The van der Waals surface area contributed by atoms with E-state index in [4.69, 9.17) is 9.84 Å². The Labute approximate surface area is 269 Å². The maximum absolute atomic E-state index is 16.2. The molecule has 3 heterocycles. The van der Waals surface area contributed by atoms with Crippen LogP contribution in [0.25, 0.3) is 0 Å². The SMILES string of the molecule is C[C@@H]1[C@@H]([Si](C)(C)F)[C@H](CC(=O)N(CCO)Cc2ccccc2)O[C@@]12C(=O)Nc1ccc(N3N=C(c4ccccc4)CCC3=O)cc12. The molecule has 3 aliphatic heterocycles. The third-order valence-electron chi connectivity index (χ3n) is 9.40. The van der Waals surface area contributed by atoms with Gasteiger partial charge in [0.1, 0.15) is 0 Å². The van der Waals surface area contributed by atoms with Gasteiger partial charge in [-0.05, 0) is 42.4 Å². The standard InChI is InChI=1S/C35H39FN4O5Si/c1-23-33(46(2,3)36)30(21-32(43)39(18-19-41)22-24-10-6-4-7-11-24)45-35(23)27-20-26(14-15-29(27)37-34(35)44)40-31(42)17-16-28(38-40)25-12-8-5-9-13-25/h4-15,20,23,30,33,41H,16-19,21-22H2,1-3H3,(H,37,44)/t23-,30+,33-,35+/m1/s1. The monoisotopic (exact) mass is 642 g/mol. The van der Waals surface area contributed by atoms with Crippen LogP contribution in [0.4, 0.5) is 15.5 Å². The average Bonchev–Trinajstić information content (AvgIpc) is 3.50. The van der Waals surface area contributed by atoms with Crippen LogP contribution < -0.4 is 10.3 Å². The number of nitrogens with zero attached hydrogens (tertiary/aromatic N) is 3. The van der Waals surface area contributed by atoms with Gasteiger partial charge in [-0.3, -0.25) is 14.4 Å². The topological polar surface area (TPSA) is 112 Å².